The van der Waals surface area contributed by atoms with E-state index in [9.17, 15) is 9.59 Å². The maximum Gasteiger partial charge on any atom is 0.273 e. The molecule has 1 aromatic heterocycles. The Kier molecular flexibility index (Phi) is 6.83. The second-order valence-electron chi connectivity index (χ2n) is 6.38. The zero-order chi connectivity index (χ0) is 19.9. The summed E-state index contributed by atoms with van der Waals surface area (Å²) in [6, 6.07) is 7.54. The van der Waals surface area contributed by atoms with E-state index in [1.54, 1.807) is 17.4 Å². The van der Waals surface area contributed by atoms with E-state index in [1.165, 1.54) is 18.3 Å². The van der Waals surface area contributed by atoms with Crippen LogP contribution in [0.2, 0.25) is 0 Å². The molecule has 2 aromatic rings. The lowest BCUT2D eigenvalue weighted by Crippen LogP contribution is -2.49. The summed E-state index contributed by atoms with van der Waals surface area (Å²) in [4.78, 5) is 31.9. The molecule has 1 fully saturated rings. The highest BCUT2D eigenvalue weighted by Crippen LogP contribution is 2.19. The lowest BCUT2D eigenvalue weighted by molar-refractivity contribution is -0.114. The average molecular weight is 404 g/mol. The Hall–Kier alpha value is -2.65. The first-order chi connectivity index (χ1) is 13.5. The van der Waals surface area contributed by atoms with Crippen molar-refractivity contribution in [3.05, 3.63) is 35.3 Å². The van der Waals surface area contributed by atoms with Gasteiger partial charge in [0.2, 0.25) is 5.91 Å². The van der Waals surface area contributed by atoms with Crippen LogP contribution < -0.4 is 14.8 Å². The molecule has 2 amide bonds. The minimum atomic E-state index is -0.196. The van der Waals surface area contributed by atoms with Crippen LogP contribution in [0.5, 0.6) is 11.5 Å². The zero-order valence-corrected chi connectivity index (χ0v) is 16.8. The molecule has 0 spiro atoms. The molecule has 0 unspecified atom stereocenters. The Morgan fingerprint density at radius 2 is 1.96 bits per heavy atom. The normalized spacial score (nSPS) is 14.6. The van der Waals surface area contributed by atoms with Gasteiger partial charge in [-0.1, -0.05) is 6.07 Å². The monoisotopic (exact) mass is 404 g/mol. The highest BCUT2D eigenvalue weighted by molar-refractivity contribution is 7.14. The van der Waals surface area contributed by atoms with Crippen LogP contribution in [0.25, 0.3) is 0 Å². The lowest BCUT2D eigenvalue weighted by Gasteiger charge is -2.34. The zero-order valence-electron chi connectivity index (χ0n) is 16.0. The van der Waals surface area contributed by atoms with E-state index in [2.05, 4.69) is 15.2 Å². The number of nitrogens with one attached hydrogen (secondary N) is 1. The average Bonchev–Trinajstić information content (AvgIpc) is 3.16. The van der Waals surface area contributed by atoms with Gasteiger partial charge in [-0.2, -0.15) is 0 Å². The van der Waals surface area contributed by atoms with Gasteiger partial charge in [-0.05, 0) is 12.1 Å². The number of rotatable bonds is 7. The number of ether oxygens (including phenoxy) is 2. The molecule has 0 radical (unpaired) electrons. The molecule has 0 saturated carbocycles. The molecule has 0 aliphatic carbocycles. The van der Waals surface area contributed by atoms with E-state index in [0.29, 0.717) is 30.5 Å². The predicted molar refractivity (Wildman–Crippen MR) is 107 cm³/mol. The van der Waals surface area contributed by atoms with Crippen LogP contribution in [0.3, 0.4) is 0 Å². The Bertz CT molecular complexity index is 818. The molecule has 0 atom stereocenters. The molecule has 1 N–H and O–H groups in total. The largest absolute Gasteiger partial charge is 0.497 e. The summed E-state index contributed by atoms with van der Waals surface area (Å²) >= 11 is 1.26. The number of hydrogen-bond acceptors (Lipinski definition) is 7. The Labute approximate surface area is 168 Å². The molecule has 8 nitrogen and oxygen atoms in total. The number of anilines is 1. The van der Waals surface area contributed by atoms with Crippen LogP contribution in [0.15, 0.2) is 29.6 Å². The van der Waals surface area contributed by atoms with Crippen molar-refractivity contribution in [3.63, 3.8) is 0 Å². The van der Waals surface area contributed by atoms with Gasteiger partial charge in [-0.15, -0.1) is 11.3 Å². The van der Waals surface area contributed by atoms with Gasteiger partial charge >= 0.3 is 0 Å². The van der Waals surface area contributed by atoms with Gasteiger partial charge in [0.05, 0.1) is 7.11 Å². The molecule has 9 heteroatoms. The van der Waals surface area contributed by atoms with Crippen LogP contribution in [-0.2, 0) is 4.79 Å². The Balaban J connectivity index is 1.42. The van der Waals surface area contributed by atoms with Gasteiger partial charge in [0.15, 0.2) is 5.13 Å². The number of thiazole rings is 1. The van der Waals surface area contributed by atoms with Crippen LogP contribution in [0.4, 0.5) is 5.13 Å². The van der Waals surface area contributed by atoms with Gasteiger partial charge in [0.1, 0.15) is 23.8 Å². The summed E-state index contributed by atoms with van der Waals surface area (Å²) in [6.07, 6.45) is 0. The second-order valence-corrected chi connectivity index (χ2v) is 7.24. The molecule has 1 aliphatic heterocycles. The third kappa shape index (κ3) is 5.43. The van der Waals surface area contributed by atoms with E-state index < -0.39 is 0 Å². The first kappa shape index (κ1) is 20.1. The summed E-state index contributed by atoms with van der Waals surface area (Å²) in [5, 5.41) is 4.73. The molecular weight excluding hydrogens is 380 g/mol. The fourth-order valence-corrected chi connectivity index (χ4v) is 3.63. The summed E-state index contributed by atoms with van der Waals surface area (Å²) in [6.45, 7) is 5.65. The number of aromatic nitrogens is 1. The minimum absolute atomic E-state index is 0.0971. The van der Waals surface area contributed by atoms with E-state index in [1.807, 2.05) is 24.3 Å². The third-order valence-corrected chi connectivity index (χ3v) is 5.14. The maximum absolute atomic E-state index is 12.6. The van der Waals surface area contributed by atoms with Crippen LogP contribution in [0, 0.1) is 0 Å². The van der Waals surface area contributed by atoms with Crippen molar-refractivity contribution in [2.75, 3.05) is 51.8 Å². The van der Waals surface area contributed by atoms with Crippen molar-refractivity contribution in [2.24, 2.45) is 0 Å². The van der Waals surface area contributed by atoms with Gasteiger partial charge < -0.3 is 19.7 Å². The first-order valence-corrected chi connectivity index (χ1v) is 9.94. The third-order valence-electron chi connectivity index (χ3n) is 4.38. The van der Waals surface area contributed by atoms with Crippen LogP contribution in [0.1, 0.15) is 17.4 Å². The smallest absolute Gasteiger partial charge is 0.273 e. The molecule has 150 valence electrons. The van der Waals surface area contributed by atoms with E-state index in [0.717, 1.165) is 31.1 Å². The molecule has 3 rings (SSSR count). The summed E-state index contributed by atoms with van der Waals surface area (Å²) < 4.78 is 11.0. The predicted octanol–water partition coefficient (Wildman–Crippen LogP) is 1.95. The van der Waals surface area contributed by atoms with Gasteiger partial charge in [-0.3, -0.25) is 14.5 Å². The van der Waals surface area contributed by atoms with Gasteiger partial charge in [-0.25, -0.2) is 4.98 Å². The number of hydrogen-bond donors (Lipinski definition) is 1. The molecule has 0 bridgehead atoms. The Morgan fingerprint density at radius 3 is 2.68 bits per heavy atom. The fraction of sp³-hybridized carbons (Fsp3) is 0.421. The SMILES string of the molecule is COc1cccc(OCCN2CCN(C(=O)c3csc(NC(C)=O)n3)CC2)c1. The minimum Gasteiger partial charge on any atom is -0.497 e. The standard InChI is InChI=1S/C19H24N4O4S/c1-14(24)20-19-21-17(13-28-19)18(25)23-8-6-22(7-9-23)10-11-27-16-5-3-4-15(12-16)26-2/h3-5,12-13H,6-11H2,1-2H3,(H,20,21,24). The van der Waals surface area contributed by atoms with Crippen molar-refractivity contribution < 1.29 is 19.1 Å². The van der Waals surface area contributed by atoms with Crippen molar-refractivity contribution >= 4 is 28.3 Å². The van der Waals surface area contributed by atoms with Gasteiger partial charge in [0.25, 0.3) is 5.91 Å². The summed E-state index contributed by atoms with van der Waals surface area (Å²) in [5.41, 5.74) is 0.378. The van der Waals surface area contributed by atoms with E-state index >= 15 is 0 Å². The van der Waals surface area contributed by atoms with Crippen molar-refractivity contribution in [1.82, 2.24) is 14.8 Å². The van der Waals surface area contributed by atoms with Crippen LogP contribution in [-0.4, -0.2) is 73.0 Å². The summed E-state index contributed by atoms with van der Waals surface area (Å²) in [7, 11) is 1.63. The molecular formula is C19H24N4O4S. The highest BCUT2D eigenvalue weighted by atomic mass is 32.1. The second kappa shape index (κ2) is 9.52. The molecule has 2 heterocycles. The quantitative estimate of drug-likeness (QED) is 0.759. The highest BCUT2D eigenvalue weighted by Gasteiger charge is 2.23. The number of benzene rings is 1. The van der Waals surface area contributed by atoms with Crippen LogP contribution >= 0.6 is 11.3 Å². The van der Waals surface area contributed by atoms with Crippen molar-refractivity contribution in [1.29, 1.82) is 0 Å². The van der Waals surface area contributed by atoms with E-state index in [-0.39, 0.29) is 11.8 Å². The first-order valence-electron chi connectivity index (χ1n) is 9.07. The summed E-state index contributed by atoms with van der Waals surface area (Å²) in [5.74, 6) is 1.26. The lowest BCUT2D eigenvalue weighted by atomic mass is 10.3. The topological polar surface area (TPSA) is 84.0 Å². The molecule has 28 heavy (non-hydrogen) atoms. The Morgan fingerprint density at radius 1 is 1.21 bits per heavy atom. The van der Waals surface area contributed by atoms with Crippen molar-refractivity contribution in [3.8, 4) is 11.5 Å². The maximum atomic E-state index is 12.6. The number of carbonyl (C=O) groups is 2. The number of methoxy groups -OCH3 is 1. The van der Waals surface area contributed by atoms with E-state index in [4.69, 9.17) is 9.47 Å². The van der Waals surface area contributed by atoms with Gasteiger partial charge in [0, 0.05) is 51.1 Å². The number of piperazine rings is 1. The molecule has 1 aromatic carbocycles. The van der Waals surface area contributed by atoms with Crippen molar-refractivity contribution in [2.45, 2.75) is 6.92 Å². The molecule has 1 saturated heterocycles. The number of amides is 2. The number of carbonyl (C=O) groups excluding carboxylic acids is 2. The molecule has 1 aliphatic rings. The number of nitrogens with zero attached hydrogens (tertiary/aromatic N) is 3. The fourth-order valence-electron chi connectivity index (χ4n) is 2.90.